The van der Waals surface area contributed by atoms with Crippen molar-refractivity contribution in [2.75, 3.05) is 6.54 Å². The molecule has 1 amide bonds. The summed E-state index contributed by atoms with van der Waals surface area (Å²) in [6, 6.07) is 12.8. The average Bonchev–Trinajstić information content (AvgIpc) is 3.05. The molecule has 1 fully saturated rings. The van der Waals surface area contributed by atoms with Crippen molar-refractivity contribution in [1.82, 2.24) is 10.0 Å². The number of nitrogens with one attached hydrogen (secondary N) is 3. The molecule has 0 saturated carbocycles. The minimum atomic E-state index is -3.83. The zero-order valence-corrected chi connectivity index (χ0v) is 16.8. The molecule has 158 valence electrons. The molecular weight excluding hydrogens is 408 g/mol. The predicted octanol–water partition coefficient (Wildman–Crippen LogP) is 0.895. The lowest BCUT2D eigenvalue weighted by atomic mass is 10.0. The number of carboxylic acids is 1. The van der Waals surface area contributed by atoms with Crippen LogP contribution in [0.2, 0.25) is 0 Å². The van der Waals surface area contributed by atoms with Crippen molar-refractivity contribution < 1.29 is 23.1 Å². The SMILES string of the molecule is N=C(N)c1ccc(-c2cccc(S(=O)(=O)NC[C@@H]3C[C@@H](CC(=O)O)C(=O)N3)c2)cc1. The van der Waals surface area contributed by atoms with Crippen molar-refractivity contribution in [3.63, 3.8) is 0 Å². The number of amidine groups is 1. The van der Waals surface area contributed by atoms with E-state index >= 15 is 0 Å². The van der Waals surface area contributed by atoms with Gasteiger partial charge in [0.25, 0.3) is 0 Å². The molecule has 2 aromatic rings. The van der Waals surface area contributed by atoms with Crippen molar-refractivity contribution in [2.24, 2.45) is 11.7 Å². The zero-order chi connectivity index (χ0) is 21.9. The minimum absolute atomic E-state index is 0.0261. The molecule has 1 aliphatic heterocycles. The van der Waals surface area contributed by atoms with Crippen LogP contribution in [0.4, 0.5) is 0 Å². The Kier molecular flexibility index (Phi) is 6.18. The molecule has 0 spiro atoms. The van der Waals surface area contributed by atoms with Gasteiger partial charge < -0.3 is 16.2 Å². The second-order valence-corrected chi connectivity index (χ2v) is 8.87. The molecule has 30 heavy (non-hydrogen) atoms. The Morgan fingerprint density at radius 2 is 1.90 bits per heavy atom. The minimum Gasteiger partial charge on any atom is -0.481 e. The first-order chi connectivity index (χ1) is 14.2. The molecule has 0 aromatic heterocycles. The predicted molar refractivity (Wildman–Crippen MR) is 110 cm³/mol. The third kappa shape index (κ3) is 5.02. The average molecular weight is 430 g/mol. The van der Waals surface area contributed by atoms with Gasteiger partial charge in [-0.1, -0.05) is 36.4 Å². The number of aliphatic carboxylic acids is 1. The van der Waals surface area contributed by atoms with Gasteiger partial charge in [0.1, 0.15) is 5.84 Å². The summed E-state index contributed by atoms with van der Waals surface area (Å²) in [7, 11) is -3.83. The van der Waals surface area contributed by atoms with Crippen LogP contribution in [0.1, 0.15) is 18.4 Å². The second kappa shape index (κ2) is 8.64. The molecule has 2 atom stereocenters. The molecule has 0 unspecified atom stereocenters. The van der Waals surface area contributed by atoms with E-state index < -0.39 is 28.0 Å². The van der Waals surface area contributed by atoms with Gasteiger partial charge in [0.05, 0.1) is 17.2 Å². The van der Waals surface area contributed by atoms with Gasteiger partial charge in [-0.25, -0.2) is 13.1 Å². The van der Waals surface area contributed by atoms with Crippen LogP contribution >= 0.6 is 0 Å². The molecule has 1 heterocycles. The van der Waals surface area contributed by atoms with Crippen LogP contribution in [0.3, 0.4) is 0 Å². The summed E-state index contributed by atoms with van der Waals surface area (Å²) in [6.45, 7) is -0.0261. The van der Waals surface area contributed by atoms with E-state index in [9.17, 15) is 18.0 Å². The first-order valence-corrected chi connectivity index (χ1v) is 10.7. The lowest BCUT2D eigenvalue weighted by molar-refractivity contribution is -0.140. The highest BCUT2D eigenvalue weighted by Gasteiger charge is 2.34. The number of sulfonamides is 1. The summed E-state index contributed by atoms with van der Waals surface area (Å²) in [5.41, 5.74) is 7.48. The Morgan fingerprint density at radius 1 is 1.20 bits per heavy atom. The van der Waals surface area contributed by atoms with Gasteiger partial charge in [0, 0.05) is 18.2 Å². The topological polar surface area (TPSA) is 162 Å². The summed E-state index contributed by atoms with van der Waals surface area (Å²) in [5, 5.41) is 18.9. The summed E-state index contributed by atoms with van der Waals surface area (Å²) in [6.07, 6.45) is -0.0181. The fourth-order valence-corrected chi connectivity index (χ4v) is 4.46. The van der Waals surface area contributed by atoms with Gasteiger partial charge >= 0.3 is 5.97 Å². The lowest BCUT2D eigenvalue weighted by Crippen LogP contribution is -2.38. The summed E-state index contributed by atoms with van der Waals surface area (Å²) in [4.78, 5) is 22.7. The van der Waals surface area contributed by atoms with E-state index in [1.54, 1.807) is 36.4 Å². The Bertz CT molecular complexity index is 1080. The standard InChI is InChI=1S/C20H22N4O5S/c21-19(22)13-6-4-12(5-7-13)14-2-1-3-17(9-14)30(28,29)23-11-16-8-15(10-18(25)26)20(27)24-16/h1-7,9,15-16,23H,8,10-11H2,(H3,21,22)(H,24,27)(H,25,26)/t15-,16-/m0/s1. The first-order valence-electron chi connectivity index (χ1n) is 9.22. The van der Waals surface area contributed by atoms with E-state index in [-0.39, 0.29) is 36.0 Å². The Labute approximate surface area is 173 Å². The lowest BCUT2D eigenvalue weighted by Gasteiger charge is -2.13. The van der Waals surface area contributed by atoms with Crippen molar-refractivity contribution in [2.45, 2.75) is 23.8 Å². The quantitative estimate of drug-likeness (QED) is 0.308. The summed E-state index contributed by atoms with van der Waals surface area (Å²) in [5.74, 6) is -2.15. The van der Waals surface area contributed by atoms with Crippen LogP contribution in [0.5, 0.6) is 0 Å². The van der Waals surface area contributed by atoms with Crippen LogP contribution in [0.15, 0.2) is 53.4 Å². The van der Waals surface area contributed by atoms with Crippen molar-refractivity contribution in [3.8, 4) is 11.1 Å². The number of benzene rings is 2. The van der Waals surface area contributed by atoms with Crippen LogP contribution in [0.25, 0.3) is 11.1 Å². The van der Waals surface area contributed by atoms with E-state index in [1.165, 1.54) is 12.1 Å². The first kappa shape index (κ1) is 21.5. The molecule has 0 bridgehead atoms. The fourth-order valence-electron chi connectivity index (χ4n) is 3.33. The third-order valence-electron chi connectivity index (χ3n) is 4.90. The van der Waals surface area contributed by atoms with E-state index in [2.05, 4.69) is 10.0 Å². The number of amides is 1. The van der Waals surface area contributed by atoms with Crippen molar-refractivity contribution >= 4 is 27.7 Å². The number of rotatable bonds is 8. The highest BCUT2D eigenvalue weighted by Crippen LogP contribution is 2.23. The number of nitrogens with two attached hydrogens (primary N) is 1. The van der Waals surface area contributed by atoms with Gasteiger partial charge in [-0.3, -0.25) is 15.0 Å². The van der Waals surface area contributed by atoms with Crippen LogP contribution in [0, 0.1) is 11.3 Å². The van der Waals surface area contributed by atoms with Gasteiger partial charge in [-0.2, -0.15) is 0 Å². The fraction of sp³-hybridized carbons (Fsp3) is 0.250. The zero-order valence-electron chi connectivity index (χ0n) is 16.0. The molecule has 2 aromatic carbocycles. The van der Waals surface area contributed by atoms with Gasteiger partial charge in [-0.05, 0) is 29.7 Å². The molecule has 6 N–H and O–H groups in total. The summed E-state index contributed by atoms with van der Waals surface area (Å²) >= 11 is 0. The van der Waals surface area contributed by atoms with Crippen molar-refractivity contribution in [1.29, 1.82) is 5.41 Å². The number of nitrogen functional groups attached to an aromatic ring is 1. The number of carbonyl (C=O) groups is 2. The number of hydrogen-bond acceptors (Lipinski definition) is 5. The molecule has 0 radical (unpaired) electrons. The maximum Gasteiger partial charge on any atom is 0.304 e. The van der Waals surface area contributed by atoms with Gasteiger partial charge in [-0.15, -0.1) is 0 Å². The number of carboxylic acid groups (broad SMARTS) is 1. The highest BCUT2D eigenvalue weighted by atomic mass is 32.2. The molecular formula is C20H22N4O5S. The molecule has 1 saturated heterocycles. The maximum absolute atomic E-state index is 12.7. The van der Waals surface area contributed by atoms with Gasteiger partial charge in [0.15, 0.2) is 0 Å². The van der Waals surface area contributed by atoms with E-state index in [4.69, 9.17) is 16.2 Å². The smallest absolute Gasteiger partial charge is 0.304 e. The van der Waals surface area contributed by atoms with Crippen LogP contribution in [-0.4, -0.2) is 43.8 Å². The molecule has 10 heteroatoms. The normalized spacial score (nSPS) is 18.7. The Hall–Kier alpha value is -3.24. The van der Waals surface area contributed by atoms with Crippen LogP contribution < -0.4 is 15.8 Å². The molecule has 9 nitrogen and oxygen atoms in total. The third-order valence-corrected chi connectivity index (χ3v) is 6.32. The van der Waals surface area contributed by atoms with E-state index in [0.717, 1.165) is 5.56 Å². The highest BCUT2D eigenvalue weighted by molar-refractivity contribution is 7.89. The Balaban J connectivity index is 1.69. The van der Waals surface area contributed by atoms with E-state index in [1.807, 2.05) is 0 Å². The molecule has 3 rings (SSSR count). The van der Waals surface area contributed by atoms with Crippen LogP contribution in [-0.2, 0) is 19.6 Å². The van der Waals surface area contributed by atoms with E-state index in [0.29, 0.717) is 11.1 Å². The Morgan fingerprint density at radius 3 is 2.53 bits per heavy atom. The van der Waals surface area contributed by atoms with Gasteiger partial charge in [0.2, 0.25) is 15.9 Å². The largest absolute Gasteiger partial charge is 0.481 e. The maximum atomic E-state index is 12.7. The summed E-state index contributed by atoms with van der Waals surface area (Å²) < 4.78 is 27.9. The number of hydrogen-bond donors (Lipinski definition) is 5. The molecule has 1 aliphatic rings. The monoisotopic (exact) mass is 430 g/mol. The molecule has 0 aliphatic carbocycles. The van der Waals surface area contributed by atoms with Crippen molar-refractivity contribution in [3.05, 3.63) is 54.1 Å². The second-order valence-electron chi connectivity index (χ2n) is 7.11. The number of carbonyl (C=O) groups excluding carboxylic acids is 1.